The number of rotatable bonds is 4. The minimum atomic E-state index is -0.593. The number of anilines is 1. The van der Waals surface area contributed by atoms with Gasteiger partial charge in [-0.15, -0.1) is 0 Å². The molecule has 0 spiro atoms. The molecule has 0 bridgehead atoms. The minimum absolute atomic E-state index is 0.0444. The molecule has 2 aromatic rings. The molecule has 0 atom stereocenters. The first-order chi connectivity index (χ1) is 15.1. The van der Waals surface area contributed by atoms with Gasteiger partial charge in [0.2, 0.25) is 0 Å². The summed E-state index contributed by atoms with van der Waals surface area (Å²) in [6, 6.07) is 12.0. The molecule has 0 unspecified atom stereocenters. The van der Waals surface area contributed by atoms with Gasteiger partial charge in [0, 0.05) is 35.9 Å². The van der Waals surface area contributed by atoms with Crippen molar-refractivity contribution >= 4 is 23.6 Å². The highest BCUT2D eigenvalue weighted by atomic mass is 19.1. The summed E-state index contributed by atoms with van der Waals surface area (Å²) in [6.45, 7) is 6.39. The number of ether oxygens (including phenoxy) is 1. The Balaban J connectivity index is 1.49. The highest BCUT2D eigenvalue weighted by Gasteiger charge is 2.25. The second kappa shape index (κ2) is 9.80. The molecular formula is C24H28FN3O4. The number of nitrogens with one attached hydrogen (secondary N) is 2. The number of halogens is 1. The zero-order valence-corrected chi connectivity index (χ0v) is 18.5. The Kier molecular flexibility index (Phi) is 7.12. The molecule has 170 valence electrons. The highest BCUT2D eigenvalue weighted by Crippen LogP contribution is 2.17. The van der Waals surface area contributed by atoms with Crippen LogP contribution in [0, 0.1) is 5.82 Å². The molecule has 0 saturated carbocycles. The fourth-order valence-corrected chi connectivity index (χ4v) is 3.40. The summed E-state index contributed by atoms with van der Waals surface area (Å²) in [6.07, 6.45) is 0.717. The summed E-state index contributed by atoms with van der Waals surface area (Å²) in [4.78, 5) is 38.7. The van der Waals surface area contributed by atoms with E-state index in [9.17, 15) is 18.8 Å². The van der Waals surface area contributed by atoms with Gasteiger partial charge in [0.05, 0.1) is 0 Å². The van der Waals surface area contributed by atoms with Crippen molar-refractivity contribution in [3.63, 3.8) is 0 Å². The van der Waals surface area contributed by atoms with Crippen LogP contribution in [-0.4, -0.2) is 47.5 Å². The number of carbonyl (C=O) groups is 3. The van der Waals surface area contributed by atoms with Crippen LogP contribution in [0.1, 0.15) is 54.3 Å². The van der Waals surface area contributed by atoms with E-state index in [-0.39, 0.29) is 23.7 Å². The lowest BCUT2D eigenvalue weighted by Crippen LogP contribution is -2.46. The van der Waals surface area contributed by atoms with E-state index < -0.39 is 11.7 Å². The van der Waals surface area contributed by atoms with E-state index in [1.165, 1.54) is 24.3 Å². The van der Waals surface area contributed by atoms with Gasteiger partial charge in [-0.25, -0.2) is 9.18 Å². The molecule has 7 nitrogen and oxygen atoms in total. The van der Waals surface area contributed by atoms with Gasteiger partial charge in [0.1, 0.15) is 11.4 Å². The van der Waals surface area contributed by atoms with Crippen LogP contribution < -0.4 is 10.6 Å². The topological polar surface area (TPSA) is 87.7 Å². The monoisotopic (exact) mass is 441 g/mol. The molecule has 0 aliphatic carbocycles. The lowest BCUT2D eigenvalue weighted by atomic mass is 10.0. The highest BCUT2D eigenvalue weighted by molar-refractivity contribution is 5.96. The molecule has 32 heavy (non-hydrogen) atoms. The lowest BCUT2D eigenvalue weighted by molar-refractivity contribution is 0.0634. The van der Waals surface area contributed by atoms with Crippen LogP contribution in [0.25, 0.3) is 0 Å². The first-order valence-electron chi connectivity index (χ1n) is 10.6. The van der Waals surface area contributed by atoms with Crippen molar-refractivity contribution in [2.75, 3.05) is 18.4 Å². The van der Waals surface area contributed by atoms with Crippen molar-refractivity contribution in [2.45, 2.75) is 45.3 Å². The standard InChI is InChI=1S/C24H28FN3O4/c1-24(2,3)32-23(31)27-19-10-6-17(7-11-19)22(30)28-14-12-20(13-15-28)26-21(29)16-4-8-18(25)9-5-16/h4-11,20H,12-15H2,1-3H3,(H,26,29)(H,27,31). The number of amides is 3. The fourth-order valence-electron chi connectivity index (χ4n) is 3.40. The van der Waals surface area contributed by atoms with Crippen LogP contribution in [-0.2, 0) is 4.74 Å². The Labute approximate surface area is 186 Å². The van der Waals surface area contributed by atoms with Gasteiger partial charge in [-0.3, -0.25) is 14.9 Å². The van der Waals surface area contributed by atoms with Gasteiger partial charge >= 0.3 is 6.09 Å². The zero-order chi connectivity index (χ0) is 23.3. The predicted molar refractivity (Wildman–Crippen MR) is 119 cm³/mol. The van der Waals surface area contributed by atoms with Crippen LogP contribution in [0.2, 0.25) is 0 Å². The number of hydrogen-bond acceptors (Lipinski definition) is 4. The lowest BCUT2D eigenvalue weighted by Gasteiger charge is -2.32. The van der Waals surface area contributed by atoms with Crippen molar-refractivity contribution in [2.24, 2.45) is 0 Å². The molecule has 0 radical (unpaired) electrons. The minimum Gasteiger partial charge on any atom is -0.444 e. The third kappa shape index (κ3) is 6.54. The predicted octanol–water partition coefficient (Wildman–Crippen LogP) is 4.21. The molecule has 1 fully saturated rings. The van der Waals surface area contributed by atoms with Crippen molar-refractivity contribution in [1.82, 2.24) is 10.2 Å². The summed E-state index contributed by atoms with van der Waals surface area (Å²) < 4.78 is 18.2. The first kappa shape index (κ1) is 23.2. The van der Waals surface area contributed by atoms with E-state index in [1.807, 2.05) is 0 Å². The molecule has 3 rings (SSSR count). The third-order valence-corrected chi connectivity index (χ3v) is 5.00. The maximum Gasteiger partial charge on any atom is 0.412 e. The van der Waals surface area contributed by atoms with Gasteiger partial charge < -0.3 is 15.0 Å². The van der Waals surface area contributed by atoms with Gasteiger partial charge in [-0.2, -0.15) is 0 Å². The Hall–Kier alpha value is -3.42. The van der Waals surface area contributed by atoms with Crippen LogP contribution in [0.15, 0.2) is 48.5 Å². The van der Waals surface area contributed by atoms with E-state index in [2.05, 4.69) is 10.6 Å². The third-order valence-electron chi connectivity index (χ3n) is 5.00. The summed E-state index contributed by atoms with van der Waals surface area (Å²) >= 11 is 0. The Morgan fingerprint density at radius 3 is 2.06 bits per heavy atom. The molecule has 3 amide bonds. The van der Waals surface area contributed by atoms with Crippen LogP contribution in [0.5, 0.6) is 0 Å². The summed E-state index contributed by atoms with van der Waals surface area (Å²) in [5.41, 5.74) is 0.876. The molecule has 1 saturated heterocycles. The Bertz CT molecular complexity index is 960. The summed E-state index contributed by atoms with van der Waals surface area (Å²) in [5.74, 6) is -0.734. The van der Waals surface area contributed by atoms with Gasteiger partial charge in [-0.1, -0.05) is 0 Å². The molecule has 1 aliphatic rings. The van der Waals surface area contributed by atoms with E-state index in [4.69, 9.17) is 4.74 Å². The Morgan fingerprint density at radius 1 is 0.938 bits per heavy atom. The maximum absolute atomic E-state index is 13.0. The van der Waals surface area contributed by atoms with Gasteiger partial charge in [0.15, 0.2) is 0 Å². The molecule has 2 N–H and O–H groups in total. The SMILES string of the molecule is CC(C)(C)OC(=O)Nc1ccc(C(=O)N2CCC(NC(=O)c3ccc(F)cc3)CC2)cc1. The summed E-state index contributed by atoms with van der Waals surface area (Å²) in [7, 11) is 0. The zero-order valence-electron chi connectivity index (χ0n) is 18.5. The van der Waals surface area contributed by atoms with Crippen LogP contribution in [0.3, 0.4) is 0 Å². The van der Waals surface area contributed by atoms with Crippen molar-refractivity contribution in [3.05, 3.63) is 65.5 Å². The summed E-state index contributed by atoms with van der Waals surface area (Å²) in [5, 5.41) is 5.58. The number of benzene rings is 2. The van der Waals surface area contributed by atoms with E-state index in [0.717, 1.165) is 0 Å². The van der Waals surface area contributed by atoms with Crippen molar-refractivity contribution < 1.29 is 23.5 Å². The number of nitrogens with zero attached hydrogens (tertiary/aromatic N) is 1. The fraction of sp³-hybridized carbons (Fsp3) is 0.375. The van der Waals surface area contributed by atoms with Crippen molar-refractivity contribution in [1.29, 1.82) is 0 Å². The maximum atomic E-state index is 13.0. The van der Waals surface area contributed by atoms with Crippen LogP contribution in [0.4, 0.5) is 14.9 Å². The average Bonchev–Trinajstić information content (AvgIpc) is 2.73. The first-order valence-corrected chi connectivity index (χ1v) is 10.6. The number of likely N-dealkylation sites (tertiary alicyclic amines) is 1. The Morgan fingerprint density at radius 2 is 1.50 bits per heavy atom. The number of piperidine rings is 1. The molecular weight excluding hydrogens is 413 g/mol. The van der Waals surface area contributed by atoms with E-state index in [1.54, 1.807) is 49.9 Å². The van der Waals surface area contributed by atoms with Crippen molar-refractivity contribution in [3.8, 4) is 0 Å². The molecule has 1 aliphatic heterocycles. The van der Waals surface area contributed by atoms with Gasteiger partial charge in [0.25, 0.3) is 11.8 Å². The number of carbonyl (C=O) groups excluding carboxylic acids is 3. The van der Waals surface area contributed by atoms with E-state index >= 15 is 0 Å². The molecule has 8 heteroatoms. The van der Waals surface area contributed by atoms with E-state index in [0.29, 0.717) is 42.7 Å². The smallest absolute Gasteiger partial charge is 0.412 e. The quantitative estimate of drug-likeness (QED) is 0.744. The van der Waals surface area contributed by atoms with Gasteiger partial charge in [-0.05, 0) is 82.1 Å². The van der Waals surface area contributed by atoms with Crippen LogP contribution >= 0.6 is 0 Å². The average molecular weight is 442 g/mol. The second-order valence-corrected chi connectivity index (χ2v) is 8.75. The second-order valence-electron chi connectivity index (χ2n) is 8.75. The molecule has 2 aromatic carbocycles. The largest absolute Gasteiger partial charge is 0.444 e. The molecule has 1 heterocycles. The molecule has 0 aromatic heterocycles. The number of hydrogen-bond donors (Lipinski definition) is 2. The normalized spacial score (nSPS) is 14.6.